The van der Waals surface area contributed by atoms with Gasteiger partial charge in [-0.3, -0.25) is 4.98 Å². The Labute approximate surface area is 130 Å². The highest BCUT2D eigenvalue weighted by atomic mass is 79.9. The zero-order chi connectivity index (χ0) is 14.9. The number of pyridine rings is 1. The van der Waals surface area contributed by atoms with Crippen LogP contribution in [0.5, 0.6) is 0 Å². The van der Waals surface area contributed by atoms with E-state index in [4.69, 9.17) is 5.73 Å². The van der Waals surface area contributed by atoms with Crippen LogP contribution >= 0.6 is 31.9 Å². The molecule has 0 radical (unpaired) electrons. The van der Waals surface area contributed by atoms with Crippen molar-refractivity contribution in [2.45, 2.75) is 12.2 Å². The van der Waals surface area contributed by atoms with Gasteiger partial charge in [0, 0.05) is 26.9 Å². The lowest BCUT2D eigenvalue weighted by Gasteiger charge is -2.18. The van der Waals surface area contributed by atoms with Gasteiger partial charge < -0.3 is 5.73 Å². The van der Waals surface area contributed by atoms with Gasteiger partial charge in [0.25, 0.3) is 0 Å². The van der Waals surface area contributed by atoms with E-state index in [0.29, 0.717) is 5.56 Å². The van der Waals surface area contributed by atoms with E-state index in [1.54, 1.807) is 18.2 Å². The monoisotopic (exact) mass is 408 g/mol. The molecule has 1 atom stereocenters. The number of rotatable bonds is 2. The minimum Gasteiger partial charge on any atom is -0.320 e. The van der Waals surface area contributed by atoms with Gasteiger partial charge in [-0.25, -0.2) is 0 Å². The lowest BCUT2D eigenvalue weighted by Crippen LogP contribution is -2.18. The van der Waals surface area contributed by atoms with Crippen molar-refractivity contribution in [3.8, 4) is 0 Å². The zero-order valence-corrected chi connectivity index (χ0v) is 13.1. The summed E-state index contributed by atoms with van der Waals surface area (Å²) in [4.78, 5) is 3.75. The van der Waals surface area contributed by atoms with Crippen molar-refractivity contribution < 1.29 is 13.2 Å². The van der Waals surface area contributed by atoms with Crippen molar-refractivity contribution in [1.29, 1.82) is 0 Å². The van der Waals surface area contributed by atoms with Gasteiger partial charge in [0.05, 0.1) is 11.6 Å². The first-order valence-corrected chi connectivity index (χ1v) is 7.10. The molecule has 1 heterocycles. The number of hydrogen-bond donors (Lipinski definition) is 1. The Kier molecular flexibility index (Phi) is 4.51. The predicted molar refractivity (Wildman–Crippen MR) is 77.1 cm³/mol. The fourth-order valence-corrected chi connectivity index (χ4v) is 3.18. The third kappa shape index (κ3) is 3.39. The summed E-state index contributed by atoms with van der Waals surface area (Å²) in [6, 6.07) is 5.17. The molecule has 0 saturated carbocycles. The van der Waals surface area contributed by atoms with E-state index in [1.807, 2.05) is 0 Å². The molecule has 0 fully saturated rings. The second-order valence-electron chi connectivity index (χ2n) is 4.14. The Morgan fingerprint density at radius 1 is 1.10 bits per heavy atom. The van der Waals surface area contributed by atoms with Gasteiger partial charge in [0.1, 0.15) is 0 Å². The highest BCUT2D eigenvalue weighted by Gasteiger charge is 2.35. The Morgan fingerprint density at radius 3 is 2.25 bits per heavy atom. The molecular weight excluding hydrogens is 401 g/mol. The number of nitrogens with zero attached hydrogens (tertiary/aromatic N) is 1. The average molecular weight is 410 g/mol. The molecule has 106 valence electrons. The van der Waals surface area contributed by atoms with Crippen molar-refractivity contribution >= 4 is 31.9 Å². The van der Waals surface area contributed by atoms with Crippen LogP contribution in [0.25, 0.3) is 0 Å². The van der Waals surface area contributed by atoms with Crippen molar-refractivity contribution in [2.24, 2.45) is 5.73 Å². The third-order valence-electron chi connectivity index (χ3n) is 2.74. The molecule has 2 aromatic rings. The quantitative estimate of drug-likeness (QED) is 0.782. The molecule has 0 bridgehead atoms. The molecule has 0 spiro atoms. The van der Waals surface area contributed by atoms with Crippen molar-refractivity contribution in [2.75, 3.05) is 0 Å². The molecule has 0 aliphatic carbocycles. The molecule has 0 amide bonds. The topological polar surface area (TPSA) is 38.9 Å². The smallest absolute Gasteiger partial charge is 0.320 e. The SMILES string of the molecule is NC(c1cc(Br)cc(Br)c1)c1cnccc1C(F)(F)F. The maximum Gasteiger partial charge on any atom is 0.416 e. The van der Waals surface area contributed by atoms with Crippen LogP contribution in [0.3, 0.4) is 0 Å². The minimum atomic E-state index is -4.46. The first kappa shape index (κ1) is 15.5. The van der Waals surface area contributed by atoms with E-state index in [2.05, 4.69) is 36.8 Å². The van der Waals surface area contributed by atoms with Crippen molar-refractivity contribution in [3.63, 3.8) is 0 Å². The van der Waals surface area contributed by atoms with Gasteiger partial charge >= 0.3 is 6.18 Å². The first-order valence-electron chi connectivity index (χ1n) is 5.51. The summed E-state index contributed by atoms with van der Waals surface area (Å²) < 4.78 is 40.4. The fourth-order valence-electron chi connectivity index (χ4n) is 1.85. The molecule has 20 heavy (non-hydrogen) atoms. The number of alkyl halides is 3. The van der Waals surface area contributed by atoms with Crippen LogP contribution in [0.2, 0.25) is 0 Å². The number of nitrogens with two attached hydrogens (primary N) is 1. The van der Waals surface area contributed by atoms with E-state index in [1.165, 1.54) is 0 Å². The highest BCUT2D eigenvalue weighted by Crippen LogP contribution is 2.36. The molecule has 0 aliphatic rings. The van der Waals surface area contributed by atoms with Crippen LogP contribution < -0.4 is 5.73 Å². The number of aromatic nitrogens is 1. The fraction of sp³-hybridized carbons (Fsp3) is 0.154. The second-order valence-corrected chi connectivity index (χ2v) is 5.97. The van der Waals surface area contributed by atoms with Gasteiger partial charge in [-0.15, -0.1) is 0 Å². The lowest BCUT2D eigenvalue weighted by molar-refractivity contribution is -0.138. The first-order chi connectivity index (χ1) is 9.29. The van der Waals surface area contributed by atoms with Gasteiger partial charge in [-0.1, -0.05) is 31.9 Å². The zero-order valence-electron chi connectivity index (χ0n) is 9.96. The second kappa shape index (κ2) is 5.83. The van der Waals surface area contributed by atoms with Crippen molar-refractivity contribution in [1.82, 2.24) is 4.98 Å². The molecule has 2 N–H and O–H groups in total. The van der Waals surface area contributed by atoms with E-state index in [9.17, 15) is 13.2 Å². The average Bonchev–Trinajstić information content (AvgIpc) is 2.35. The van der Waals surface area contributed by atoms with Crippen LogP contribution in [0.1, 0.15) is 22.7 Å². The van der Waals surface area contributed by atoms with E-state index < -0.39 is 17.8 Å². The number of hydrogen-bond acceptors (Lipinski definition) is 2. The molecule has 2 rings (SSSR count). The van der Waals surface area contributed by atoms with Gasteiger partial charge in [0.15, 0.2) is 0 Å². The Balaban J connectivity index is 2.51. The van der Waals surface area contributed by atoms with Gasteiger partial charge in [-0.05, 0) is 29.8 Å². The Hall–Kier alpha value is -0.920. The largest absolute Gasteiger partial charge is 0.416 e. The maximum atomic E-state index is 13.0. The summed E-state index contributed by atoms with van der Waals surface area (Å²) in [6.45, 7) is 0. The van der Waals surface area contributed by atoms with E-state index in [-0.39, 0.29) is 5.56 Å². The minimum absolute atomic E-state index is 0.0509. The van der Waals surface area contributed by atoms with Crippen LogP contribution in [-0.4, -0.2) is 4.98 Å². The van der Waals surface area contributed by atoms with Crippen LogP contribution in [0, 0.1) is 0 Å². The standard InChI is InChI=1S/C13H9Br2F3N2/c14-8-3-7(4-9(15)5-8)12(19)10-6-20-2-1-11(10)13(16,17)18/h1-6,12H,19H2. The van der Waals surface area contributed by atoms with Gasteiger partial charge in [0.2, 0.25) is 0 Å². The molecular formula is C13H9Br2F3N2. The van der Waals surface area contributed by atoms with E-state index >= 15 is 0 Å². The summed E-state index contributed by atoms with van der Waals surface area (Å²) in [6.07, 6.45) is -2.20. The Morgan fingerprint density at radius 2 is 1.70 bits per heavy atom. The molecule has 2 nitrogen and oxygen atoms in total. The lowest BCUT2D eigenvalue weighted by atomic mass is 9.97. The predicted octanol–water partition coefficient (Wildman–Crippen LogP) is 4.67. The Bertz CT molecular complexity index is 609. The summed E-state index contributed by atoms with van der Waals surface area (Å²) in [5.41, 5.74) is 5.71. The van der Waals surface area contributed by atoms with Gasteiger partial charge in [-0.2, -0.15) is 13.2 Å². The maximum absolute atomic E-state index is 13.0. The summed E-state index contributed by atoms with van der Waals surface area (Å²) in [5, 5.41) is 0. The summed E-state index contributed by atoms with van der Waals surface area (Å²) in [7, 11) is 0. The highest BCUT2D eigenvalue weighted by molar-refractivity contribution is 9.11. The molecule has 1 aromatic carbocycles. The molecule has 0 saturated heterocycles. The summed E-state index contributed by atoms with van der Waals surface area (Å²) >= 11 is 6.58. The van der Waals surface area contributed by atoms with Crippen LogP contribution in [0.15, 0.2) is 45.6 Å². The van der Waals surface area contributed by atoms with E-state index in [0.717, 1.165) is 27.4 Å². The molecule has 0 aliphatic heterocycles. The summed E-state index contributed by atoms with van der Waals surface area (Å²) in [5.74, 6) is 0. The van der Waals surface area contributed by atoms with Crippen LogP contribution in [0.4, 0.5) is 13.2 Å². The molecule has 1 unspecified atom stereocenters. The molecule has 7 heteroatoms. The van der Waals surface area contributed by atoms with Crippen LogP contribution in [-0.2, 0) is 6.18 Å². The normalized spacial score (nSPS) is 13.3. The third-order valence-corrected chi connectivity index (χ3v) is 3.65. The number of benzene rings is 1. The number of halogens is 5. The van der Waals surface area contributed by atoms with Crippen molar-refractivity contribution in [3.05, 3.63) is 62.3 Å². The molecule has 1 aromatic heterocycles.